The maximum Gasteiger partial charge on any atom is 0.262 e. The molecular formula is C23H16Cl2FN3O2S. The average Bonchev–Trinajstić information content (AvgIpc) is 2.78. The van der Waals surface area contributed by atoms with Crippen molar-refractivity contribution in [2.75, 3.05) is 11.1 Å². The van der Waals surface area contributed by atoms with E-state index in [4.69, 9.17) is 23.2 Å². The lowest BCUT2D eigenvalue weighted by atomic mass is 10.2. The third-order valence-electron chi connectivity index (χ3n) is 4.62. The molecule has 3 aromatic carbocycles. The van der Waals surface area contributed by atoms with Gasteiger partial charge in [-0.25, -0.2) is 9.37 Å². The highest BCUT2D eigenvalue weighted by Crippen LogP contribution is 2.24. The quantitative estimate of drug-likeness (QED) is 0.283. The molecule has 5 nitrogen and oxygen atoms in total. The number of halogens is 3. The molecule has 0 fully saturated rings. The van der Waals surface area contributed by atoms with Crippen LogP contribution in [0.3, 0.4) is 0 Å². The second-order valence-corrected chi connectivity index (χ2v) is 8.68. The number of carbonyl (C=O) groups excluding carboxylic acids is 1. The fraction of sp³-hybridized carbons (Fsp3) is 0.0870. The lowest BCUT2D eigenvalue weighted by Crippen LogP contribution is -2.25. The summed E-state index contributed by atoms with van der Waals surface area (Å²) in [7, 11) is 0. The van der Waals surface area contributed by atoms with E-state index in [9.17, 15) is 14.0 Å². The number of hydrogen-bond donors (Lipinski definition) is 1. The molecule has 32 heavy (non-hydrogen) atoms. The van der Waals surface area contributed by atoms with E-state index in [0.717, 1.165) is 23.4 Å². The monoisotopic (exact) mass is 487 g/mol. The van der Waals surface area contributed by atoms with Gasteiger partial charge in [0.25, 0.3) is 5.56 Å². The number of para-hydroxylation sites is 1. The number of thioether (sulfide) groups is 1. The van der Waals surface area contributed by atoms with Gasteiger partial charge in [0.15, 0.2) is 5.16 Å². The summed E-state index contributed by atoms with van der Waals surface area (Å²) in [6.45, 7) is 0.271. The predicted octanol–water partition coefficient (Wildman–Crippen LogP) is 5.62. The lowest BCUT2D eigenvalue weighted by Gasteiger charge is -2.13. The van der Waals surface area contributed by atoms with Crippen molar-refractivity contribution in [3.63, 3.8) is 0 Å². The van der Waals surface area contributed by atoms with Crippen molar-refractivity contribution in [1.82, 2.24) is 9.55 Å². The minimum Gasteiger partial charge on any atom is -0.324 e. The minimum atomic E-state index is -0.509. The van der Waals surface area contributed by atoms with Crippen LogP contribution in [0.4, 0.5) is 10.1 Å². The number of carbonyl (C=O) groups is 1. The molecule has 1 amide bonds. The molecule has 4 rings (SSSR count). The summed E-state index contributed by atoms with van der Waals surface area (Å²) in [5, 5.41) is 4.29. The number of benzene rings is 3. The van der Waals surface area contributed by atoms with E-state index < -0.39 is 11.7 Å². The molecule has 162 valence electrons. The van der Waals surface area contributed by atoms with Gasteiger partial charge in [0, 0.05) is 5.02 Å². The Morgan fingerprint density at radius 3 is 2.59 bits per heavy atom. The van der Waals surface area contributed by atoms with E-state index in [0.29, 0.717) is 21.1 Å². The van der Waals surface area contributed by atoms with Gasteiger partial charge in [-0.05, 0) is 48.0 Å². The molecule has 1 aromatic heterocycles. The van der Waals surface area contributed by atoms with Crippen LogP contribution in [-0.4, -0.2) is 21.2 Å². The molecule has 0 spiro atoms. The summed E-state index contributed by atoms with van der Waals surface area (Å²) in [6.07, 6.45) is 0. The van der Waals surface area contributed by atoms with E-state index in [2.05, 4.69) is 10.3 Å². The Bertz CT molecular complexity index is 1360. The molecule has 0 atom stereocenters. The topological polar surface area (TPSA) is 64.0 Å². The summed E-state index contributed by atoms with van der Waals surface area (Å²) in [6, 6.07) is 17.9. The Balaban J connectivity index is 1.61. The van der Waals surface area contributed by atoms with Crippen LogP contribution in [-0.2, 0) is 11.3 Å². The Morgan fingerprint density at radius 1 is 1.06 bits per heavy atom. The molecule has 0 radical (unpaired) electrons. The SMILES string of the molecule is O=C(CSc1nc2ccccc2c(=O)n1Cc1ccc(Cl)cc1)Nc1cc(F)ccc1Cl. The number of nitrogens with zero attached hydrogens (tertiary/aromatic N) is 2. The summed E-state index contributed by atoms with van der Waals surface area (Å²) < 4.78 is 15.0. The average molecular weight is 488 g/mol. The second-order valence-electron chi connectivity index (χ2n) is 6.89. The largest absolute Gasteiger partial charge is 0.324 e. The number of rotatable bonds is 6. The predicted molar refractivity (Wildman–Crippen MR) is 127 cm³/mol. The van der Waals surface area contributed by atoms with E-state index in [1.807, 2.05) is 12.1 Å². The molecule has 0 aliphatic heterocycles. The second kappa shape index (κ2) is 9.73. The van der Waals surface area contributed by atoms with Crippen LogP contribution < -0.4 is 10.9 Å². The van der Waals surface area contributed by atoms with Crippen molar-refractivity contribution >= 4 is 57.5 Å². The Morgan fingerprint density at radius 2 is 1.81 bits per heavy atom. The van der Waals surface area contributed by atoms with E-state index in [1.165, 1.54) is 16.7 Å². The molecule has 0 saturated heterocycles. The van der Waals surface area contributed by atoms with Crippen LogP contribution in [0.5, 0.6) is 0 Å². The zero-order valence-corrected chi connectivity index (χ0v) is 18.8. The summed E-state index contributed by atoms with van der Waals surface area (Å²) in [5.41, 5.74) is 1.39. The van der Waals surface area contributed by atoms with Gasteiger partial charge < -0.3 is 5.32 Å². The fourth-order valence-corrected chi connectivity index (χ4v) is 4.17. The molecule has 0 aliphatic rings. The molecule has 1 N–H and O–H groups in total. The number of anilines is 1. The molecule has 4 aromatic rings. The first kappa shape index (κ1) is 22.3. The van der Waals surface area contributed by atoms with Gasteiger partial charge in [-0.15, -0.1) is 0 Å². The summed E-state index contributed by atoms with van der Waals surface area (Å²) in [5.74, 6) is -0.952. The van der Waals surface area contributed by atoms with E-state index in [-0.39, 0.29) is 28.6 Å². The van der Waals surface area contributed by atoms with Gasteiger partial charge in [0.1, 0.15) is 5.82 Å². The molecular weight excluding hydrogens is 472 g/mol. The maximum absolute atomic E-state index is 13.5. The smallest absolute Gasteiger partial charge is 0.262 e. The zero-order valence-electron chi connectivity index (χ0n) is 16.5. The summed E-state index contributed by atoms with van der Waals surface area (Å²) >= 11 is 13.1. The van der Waals surface area contributed by atoms with Crippen LogP contribution in [0, 0.1) is 5.82 Å². The lowest BCUT2D eigenvalue weighted by molar-refractivity contribution is -0.113. The van der Waals surface area contributed by atoms with Crippen LogP contribution in [0.1, 0.15) is 5.56 Å². The third kappa shape index (κ3) is 5.12. The van der Waals surface area contributed by atoms with Crippen molar-refractivity contribution in [1.29, 1.82) is 0 Å². The van der Waals surface area contributed by atoms with Crippen molar-refractivity contribution in [2.45, 2.75) is 11.7 Å². The van der Waals surface area contributed by atoms with E-state index in [1.54, 1.807) is 36.4 Å². The van der Waals surface area contributed by atoms with E-state index >= 15 is 0 Å². The number of amides is 1. The van der Waals surface area contributed by atoms with Gasteiger partial charge in [-0.2, -0.15) is 0 Å². The zero-order chi connectivity index (χ0) is 22.7. The molecule has 0 unspecified atom stereocenters. The molecule has 0 bridgehead atoms. The van der Waals surface area contributed by atoms with Gasteiger partial charge in [-0.3, -0.25) is 14.2 Å². The Labute approximate surface area is 197 Å². The van der Waals surface area contributed by atoms with Gasteiger partial charge >= 0.3 is 0 Å². The highest BCUT2D eigenvalue weighted by atomic mass is 35.5. The van der Waals surface area contributed by atoms with Gasteiger partial charge in [0.2, 0.25) is 5.91 Å². The normalized spacial score (nSPS) is 11.0. The van der Waals surface area contributed by atoms with Crippen LogP contribution in [0.2, 0.25) is 10.0 Å². The first-order valence-corrected chi connectivity index (χ1v) is 11.3. The number of aromatic nitrogens is 2. The number of hydrogen-bond acceptors (Lipinski definition) is 4. The van der Waals surface area contributed by atoms with Crippen molar-refractivity contribution in [3.05, 3.63) is 98.5 Å². The molecule has 9 heteroatoms. The van der Waals surface area contributed by atoms with Crippen LogP contribution in [0.15, 0.2) is 76.7 Å². The third-order valence-corrected chi connectivity index (χ3v) is 6.17. The standard InChI is InChI=1S/C23H16Cl2FN3O2S/c24-15-7-5-14(6-8-15)12-29-22(31)17-3-1-2-4-19(17)28-23(29)32-13-21(30)27-20-11-16(26)9-10-18(20)25/h1-11H,12-13H2,(H,27,30). The van der Waals surface area contributed by atoms with Crippen LogP contribution in [0.25, 0.3) is 10.9 Å². The number of fused-ring (bicyclic) bond motifs is 1. The molecule has 0 saturated carbocycles. The van der Waals surface area contributed by atoms with Gasteiger partial charge in [0.05, 0.1) is 33.9 Å². The van der Waals surface area contributed by atoms with Crippen molar-refractivity contribution in [2.24, 2.45) is 0 Å². The Kier molecular flexibility index (Phi) is 6.79. The minimum absolute atomic E-state index is 0.0434. The highest BCUT2D eigenvalue weighted by Gasteiger charge is 2.15. The van der Waals surface area contributed by atoms with Crippen molar-refractivity contribution in [3.8, 4) is 0 Å². The Hall–Kier alpha value is -2.87. The van der Waals surface area contributed by atoms with Crippen molar-refractivity contribution < 1.29 is 9.18 Å². The van der Waals surface area contributed by atoms with Crippen LogP contribution >= 0.6 is 35.0 Å². The molecule has 0 aliphatic carbocycles. The maximum atomic E-state index is 13.5. The first-order chi connectivity index (χ1) is 15.4. The first-order valence-electron chi connectivity index (χ1n) is 9.52. The number of nitrogens with one attached hydrogen (secondary N) is 1. The molecule has 1 heterocycles. The highest BCUT2D eigenvalue weighted by molar-refractivity contribution is 7.99. The summed E-state index contributed by atoms with van der Waals surface area (Å²) in [4.78, 5) is 30.2. The van der Waals surface area contributed by atoms with Gasteiger partial charge in [-0.1, -0.05) is 59.2 Å². The fourth-order valence-electron chi connectivity index (χ4n) is 3.08.